The highest BCUT2D eigenvalue weighted by molar-refractivity contribution is 4.51. The Morgan fingerprint density at radius 3 is 1.22 bits per heavy atom. The van der Waals surface area contributed by atoms with Crippen LogP contribution in [-0.4, -0.2) is 0 Å². The van der Waals surface area contributed by atoms with Gasteiger partial charge in [0.05, 0.1) is 0 Å². The van der Waals surface area contributed by atoms with Crippen molar-refractivity contribution >= 4 is 0 Å². The van der Waals surface area contributed by atoms with Crippen LogP contribution in [0.25, 0.3) is 0 Å². The first-order valence-corrected chi connectivity index (χ1v) is 2.90. The van der Waals surface area contributed by atoms with Crippen molar-refractivity contribution in [1.82, 2.24) is 0 Å². The van der Waals surface area contributed by atoms with Gasteiger partial charge in [-0.1, -0.05) is 33.8 Å². The Labute approximate surface area is 61.3 Å². The monoisotopic (exact) mass is 130 g/mol. The lowest BCUT2D eigenvalue weighted by Crippen LogP contribution is -1.27. The third kappa shape index (κ3) is 831. The van der Waals surface area contributed by atoms with Crippen LogP contribution in [0.4, 0.5) is 0 Å². The van der Waals surface area contributed by atoms with E-state index >= 15 is 0 Å². The largest absolute Gasteiger partial charge is 0.106 e. The van der Waals surface area contributed by atoms with Crippen LogP contribution < -0.4 is 0 Å². The second-order valence-corrected chi connectivity index (χ2v) is 1.12. The van der Waals surface area contributed by atoms with Crippen LogP contribution >= 0.6 is 0 Å². The summed E-state index contributed by atoms with van der Waals surface area (Å²) in [7, 11) is 0. The smallest absolute Gasteiger partial charge is 0.0473 e. The number of rotatable bonds is 0. The van der Waals surface area contributed by atoms with E-state index in [2.05, 4.69) is 33.6 Å². The molecule has 0 aromatic heterocycles. The minimum absolute atomic E-state index is 0. The summed E-state index contributed by atoms with van der Waals surface area (Å²) in [4.78, 5) is 0. The lowest BCUT2D eigenvalue weighted by molar-refractivity contribution is 1.09. The molecule has 0 aliphatic carbocycles. The highest BCUT2D eigenvalue weighted by Crippen LogP contribution is 1.56. The molecule has 58 valence electrons. The summed E-state index contributed by atoms with van der Waals surface area (Å²) in [5, 5.41) is 0. The molecule has 0 saturated carbocycles. The summed E-state index contributed by atoms with van der Waals surface area (Å²) >= 11 is 0. The van der Waals surface area contributed by atoms with Crippen molar-refractivity contribution in [3.05, 3.63) is 25.8 Å². The van der Waals surface area contributed by atoms with Crippen LogP contribution in [0.5, 0.6) is 0 Å². The van der Waals surface area contributed by atoms with E-state index in [1.165, 1.54) is 6.42 Å². The van der Waals surface area contributed by atoms with Gasteiger partial charge in [-0.2, -0.15) is 0 Å². The van der Waals surface area contributed by atoms with Gasteiger partial charge < -0.3 is 0 Å². The highest BCUT2D eigenvalue weighted by Gasteiger charge is 1.35. The molecule has 0 aromatic carbocycles. The average Bonchev–Trinajstić information content (AvgIpc) is 1.75. The maximum atomic E-state index is 3.36. The lowest BCUT2D eigenvalue weighted by atomic mass is 10.6. The van der Waals surface area contributed by atoms with Crippen LogP contribution in [-0.2, 0) is 0 Å². The molecule has 0 unspecified atom stereocenters. The molecule has 0 rings (SSSR count). The van der Waals surface area contributed by atoms with Gasteiger partial charge in [0, 0.05) is 0 Å². The fourth-order valence-corrected chi connectivity index (χ4v) is 0. The molecule has 0 nitrogen and oxygen atoms in total. The summed E-state index contributed by atoms with van der Waals surface area (Å²) in [5.41, 5.74) is 0. The van der Waals surface area contributed by atoms with E-state index in [0.29, 0.717) is 0 Å². The minimum atomic E-state index is 0. The fourth-order valence-electron chi connectivity index (χ4n) is 0. The fraction of sp³-hybridized carbons (Fsp3) is 0.556. The maximum Gasteiger partial charge on any atom is -0.0473 e. The number of hydrogen-bond donors (Lipinski definition) is 0. The molecule has 0 aromatic rings. The molecule has 0 spiro atoms. The zero-order chi connectivity index (χ0) is 7.41. The molecule has 0 heterocycles. The van der Waals surface area contributed by atoms with Crippen LogP contribution in [0, 0.1) is 0 Å². The summed E-state index contributed by atoms with van der Waals surface area (Å²) in [6, 6.07) is 0. The minimum Gasteiger partial charge on any atom is -0.106 e. The third-order valence-electron chi connectivity index (χ3n) is 0. The van der Waals surface area contributed by atoms with Crippen molar-refractivity contribution in [3.8, 4) is 0 Å². The SMILES string of the molecule is C.C=C.C=CC.CCC. The average molecular weight is 130 g/mol. The van der Waals surface area contributed by atoms with Gasteiger partial charge in [0.15, 0.2) is 0 Å². The predicted molar refractivity (Wildman–Crippen MR) is 49.8 cm³/mol. The quantitative estimate of drug-likeness (QED) is 0.434. The van der Waals surface area contributed by atoms with Crippen LogP contribution in [0.15, 0.2) is 25.8 Å². The molecule has 9 heavy (non-hydrogen) atoms. The summed E-state index contributed by atoms with van der Waals surface area (Å²) in [6.07, 6.45) is 3.00. The molecule has 0 fully saturated rings. The number of allylic oxidation sites excluding steroid dienone is 1. The Morgan fingerprint density at radius 2 is 1.22 bits per heavy atom. The maximum absolute atomic E-state index is 3.36. The van der Waals surface area contributed by atoms with Gasteiger partial charge in [0.1, 0.15) is 0 Å². The molecule has 0 saturated heterocycles. The van der Waals surface area contributed by atoms with E-state index in [9.17, 15) is 0 Å². The van der Waals surface area contributed by atoms with Gasteiger partial charge in [-0.3, -0.25) is 0 Å². The van der Waals surface area contributed by atoms with E-state index in [1.807, 2.05) is 6.92 Å². The topological polar surface area (TPSA) is 0 Å². The van der Waals surface area contributed by atoms with Crippen LogP contribution in [0.1, 0.15) is 34.6 Å². The van der Waals surface area contributed by atoms with Crippen molar-refractivity contribution in [3.63, 3.8) is 0 Å². The van der Waals surface area contributed by atoms with Crippen LogP contribution in [0.3, 0.4) is 0 Å². The zero-order valence-electron chi connectivity index (χ0n) is 6.41. The standard InChI is InChI=1S/C3H8.C3H6.C2H4.CH4/c2*1-3-2;1-2;/h3H2,1-2H3;3H,1H2,2H3;1-2H2;1H4. The van der Waals surface area contributed by atoms with Crippen molar-refractivity contribution in [2.75, 3.05) is 0 Å². The molecule has 0 N–H and O–H groups in total. The Balaban J connectivity index is -0.0000000202. The Hall–Kier alpha value is -0.520. The van der Waals surface area contributed by atoms with Gasteiger partial charge in [-0.25, -0.2) is 0 Å². The molecule has 0 amide bonds. The van der Waals surface area contributed by atoms with Crippen molar-refractivity contribution in [2.45, 2.75) is 34.6 Å². The van der Waals surface area contributed by atoms with E-state index < -0.39 is 0 Å². The summed E-state index contributed by atoms with van der Waals surface area (Å²) in [5.74, 6) is 0. The molecule has 0 aliphatic rings. The van der Waals surface area contributed by atoms with Crippen molar-refractivity contribution in [2.24, 2.45) is 0 Å². The molecule has 0 atom stereocenters. The summed E-state index contributed by atoms with van der Waals surface area (Å²) < 4.78 is 0. The van der Waals surface area contributed by atoms with Crippen molar-refractivity contribution in [1.29, 1.82) is 0 Å². The first kappa shape index (κ1) is 23.6. The second kappa shape index (κ2) is 143. The highest BCUT2D eigenvalue weighted by atomic mass is 13.4. The van der Waals surface area contributed by atoms with Crippen LogP contribution in [0.2, 0.25) is 0 Å². The predicted octanol–water partition coefficient (Wildman–Crippen LogP) is 4.05. The van der Waals surface area contributed by atoms with E-state index in [4.69, 9.17) is 0 Å². The molecule has 0 bridgehead atoms. The number of hydrogen-bond acceptors (Lipinski definition) is 0. The molecular formula is C9H22. The van der Waals surface area contributed by atoms with Gasteiger partial charge in [-0.15, -0.1) is 19.7 Å². The third-order valence-corrected chi connectivity index (χ3v) is 0. The lowest BCUT2D eigenvalue weighted by Gasteiger charge is -1.48. The second-order valence-electron chi connectivity index (χ2n) is 1.12. The van der Waals surface area contributed by atoms with E-state index in [0.717, 1.165) is 0 Å². The Kier molecular flexibility index (Phi) is 377. The molecule has 0 heteroatoms. The van der Waals surface area contributed by atoms with Gasteiger partial charge in [0.25, 0.3) is 0 Å². The molecule has 0 aliphatic heterocycles. The first-order chi connectivity index (χ1) is 3.83. The first-order valence-electron chi connectivity index (χ1n) is 2.90. The van der Waals surface area contributed by atoms with E-state index in [1.54, 1.807) is 6.08 Å². The molecule has 0 radical (unpaired) electrons. The van der Waals surface area contributed by atoms with Gasteiger partial charge in [-0.05, 0) is 6.92 Å². The Bertz CT molecular complexity index is 21.2. The van der Waals surface area contributed by atoms with Gasteiger partial charge >= 0.3 is 0 Å². The van der Waals surface area contributed by atoms with Gasteiger partial charge in [0.2, 0.25) is 0 Å². The van der Waals surface area contributed by atoms with E-state index in [-0.39, 0.29) is 7.43 Å². The molecular weight excluding hydrogens is 108 g/mol. The summed E-state index contributed by atoms with van der Waals surface area (Å²) in [6.45, 7) is 15.5. The normalized spacial score (nSPS) is 3.89. The van der Waals surface area contributed by atoms with Crippen molar-refractivity contribution < 1.29 is 0 Å². The Morgan fingerprint density at radius 1 is 1.22 bits per heavy atom. The zero-order valence-corrected chi connectivity index (χ0v) is 6.41.